The van der Waals surface area contributed by atoms with E-state index in [0.29, 0.717) is 0 Å². The summed E-state index contributed by atoms with van der Waals surface area (Å²) in [6.45, 7) is 3.23. The van der Waals surface area contributed by atoms with Crippen molar-refractivity contribution in [2.24, 2.45) is 0 Å². The van der Waals surface area contributed by atoms with Crippen LogP contribution in [0.25, 0.3) is 6.08 Å². The Kier molecular flexibility index (Phi) is 4.21. The van der Waals surface area contributed by atoms with Gasteiger partial charge in [-0.2, -0.15) is 5.26 Å². The van der Waals surface area contributed by atoms with Crippen LogP contribution in [-0.4, -0.2) is 34.6 Å². The zero-order chi connectivity index (χ0) is 14.7. The van der Waals surface area contributed by atoms with Crippen molar-refractivity contribution in [3.8, 4) is 6.07 Å². The lowest BCUT2D eigenvalue weighted by atomic mass is 9.74. The smallest absolute Gasteiger partial charge is 0.220 e. The quantitative estimate of drug-likeness (QED) is 0.912. The van der Waals surface area contributed by atoms with Crippen LogP contribution < -0.4 is 0 Å². The fourth-order valence-corrected chi connectivity index (χ4v) is 2.96. The highest BCUT2D eigenvalue weighted by atomic mass is 16.3. The average molecular weight is 270 g/mol. The molecule has 0 unspecified atom stereocenters. The molecule has 1 heterocycles. The number of rotatable bonds is 3. The van der Waals surface area contributed by atoms with Crippen LogP contribution in [-0.2, 0) is 4.79 Å². The number of allylic oxidation sites excluding steroid dienone is 1. The summed E-state index contributed by atoms with van der Waals surface area (Å²) in [6.07, 6.45) is 3.92. The summed E-state index contributed by atoms with van der Waals surface area (Å²) in [7, 11) is 0. The molecule has 1 fully saturated rings. The van der Waals surface area contributed by atoms with E-state index in [1.165, 1.54) is 11.8 Å². The SMILES string of the molecule is C/C=C/c1ccccc1[C@@H]1[C@@H](C#N)N(C(C)=O)[C@H]1CO. The molecule has 20 heavy (non-hydrogen) atoms. The van der Waals surface area contributed by atoms with Crippen LogP contribution in [0.4, 0.5) is 0 Å². The number of carbonyl (C=O) groups excluding carboxylic acids is 1. The number of hydrogen-bond donors (Lipinski definition) is 1. The summed E-state index contributed by atoms with van der Waals surface area (Å²) in [4.78, 5) is 13.1. The Bertz CT molecular complexity index is 574. The van der Waals surface area contributed by atoms with Gasteiger partial charge < -0.3 is 10.0 Å². The van der Waals surface area contributed by atoms with Crippen LogP contribution in [0.5, 0.6) is 0 Å². The van der Waals surface area contributed by atoms with E-state index in [9.17, 15) is 15.2 Å². The Morgan fingerprint density at radius 1 is 1.50 bits per heavy atom. The van der Waals surface area contributed by atoms with E-state index in [1.807, 2.05) is 43.3 Å². The minimum absolute atomic E-state index is 0.132. The van der Waals surface area contributed by atoms with Gasteiger partial charge in [-0.3, -0.25) is 4.79 Å². The molecule has 4 nitrogen and oxygen atoms in total. The highest BCUT2D eigenvalue weighted by Crippen LogP contribution is 2.41. The molecule has 1 N–H and O–H groups in total. The van der Waals surface area contributed by atoms with Crippen molar-refractivity contribution in [1.82, 2.24) is 4.90 Å². The molecule has 1 aromatic carbocycles. The van der Waals surface area contributed by atoms with Crippen molar-refractivity contribution in [3.05, 3.63) is 41.5 Å². The summed E-state index contributed by atoms with van der Waals surface area (Å²) < 4.78 is 0. The highest BCUT2D eigenvalue weighted by molar-refractivity contribution is 5.77. The zero-order valence-electron chi connectivity index (χ0n) is 11.7. The third-order valence-electron chi connectivity index (χ3n) is 3.80. The molecule has 0 aromatic heterocycles. The fourth-order valence-electron chi connectivity index (χ4n) is 2.96. The van der Waals surface area contributed by atoms with E-state index >= 15 is 0 Å². The molecule has 4 heteroatoms. The number of amides is 1. The standard InChI is InChI=1S/C16H18N2O2/c1-3-6-12-7-4-5-8-13(12)16-14(9-17)18(11(2)20)15(16)10-19/h3-8,14-16,19H,10H2,1-2H3/b6-3+/t14-,15+,16-/m1/s1. The molecule has 0 bridgehead atoms. The van der Waals surface area contributed by atoms with Crippen LogP contribution >= 0.6 is 0 Å². The number of hydrogen-bond acceptors (Lipinski definition) is 3. The van der Waals surface area contributed by atoms with Crippen molar-refractivity contribution in [2.75, 3.05) is 6.61 Å². The lowest BCUT2D eigenvalue weighted by Crippen LogP contribution is -2.64. The molecule has 0 radical (unpaired) electrons. The molecule has 0 spiro atoms. The lowest BCUT2D eigenvalue weighted by molar-refractivity contribution is -0.144. The summed E-state index contributed by atoms with van der Waals surface area (Å²) in [5.74, 6) is -0.309. The first-order valence-electron chi connectivity index (χ1n) is 6.66. The maximum Gasteiger partial charge on any atom is 0.220 e. The minimum Gasteiger partial charge on any atom is -0.394 e. The monoisotopic (exact) mass is 270 g/mol. The maximum absolute atomic E-state index is 11.6. The molecule has 0 saturated carbocycles. The molecule has 0 aliphatic carbocycles. The minimum atomic E-state index is -0.504. The van der Waals surface area contributed by atoms with Crippen molar-refractivity contribution in [2.45, 2.75) is 31.8 Å². The average Bonchev–Trinajstić information content (AvgIpc) is 2.40. The Morgan fingerprint density at radius 3 is 2.75 bits per heavy atom. The Balaban J connectivity index is 2.42. The van der Waals surface area contributed by atoms with Gasteiger partial charge in [0, 0.05) is 12.8 Å². The maximum atomic E-state index is 11.6. The second-order valence-electron chi connectivity index (χ2n) is 4.90. The molecule has 1 saturated heterocycles. The molecule has 1 aliphatic heterocycles. The van der Waals surface area contributed by atoms with Gasteiger partial charge in [0.15, 0.2) is 0 Å². The van der Waals surface area contributed by atoms with E-state index in [0.717, 1.165) is 11.1 Å². The van der Waals surface area contributed by atoms with Crippen LogP contribution in [0.2, 0.25) is 0 Å². The van der Waals surface area contributed by atoms with Crippen LogP contribution in [0, 0.1) is 11.3 Å². The number of carbonyl (C=O) groups is 1. The van der Waals surface area contributed by atoms with Crippen molar-refractivity contribution < 1.29 is 9.90 Å². The Labute approximate surface area is 118 Å². The number of likely N-dealkylation sites (tertiary alicyclic amines) is 1. The van der Waals surface area contributed by atoms with Crippen molar-refractivity contribution in [3.63, 3.8) is 0 Å². The number of nitriles is 1. The van der Waals surface area contributed by atoms with E-state index in [2.05, 4.69) is 6.07 Å². The van der Waals surface area contributed by atoms with Gasteiger partial charge in [0.2, 0.25) is 5.91 Å². The summed E-state index contributed by atoms with van der Waals surface area (Å²) in [6, 6.07) is 9.17. The van der Waals surface area contributed by atoms with Gasteiger partial charge in [-0.25, -0.2) is 0 Å². The van der Waals surface area contributed by atoms with Crippen molar-refractivity contribution in [1.29, 1.82) is 5.26 Å². The fraction of sp³-hybridized carbons (Fsp3) is 0.375. The van der Waals surface area contributed by atoms with Gasteiger partial charge in [0.05, 0.1) is 18.7 Å². The van der Waals surface area contributed by atoms with Crippen LogP contribution in [0.1, 0.15) is 30.9 Å². The van der Waals surface area contributed by atoms with Crippen LogP contribution in [0.15, 0.2) is 30.3 Å². The number of nitrogens with zero attached hydrogens (tertiary/aromatic N) is 2. The first kappa shape index (κ1) is 14.3. The van der Waals surface area contributed by atoms with Gasteiger partial charge in [0.1, 0.15) is 6.04 Å². The predicted octanol–water partition coefficient (Wildman–Crippen LogP) is 1.92. The highest BCUT2D eigenvalue weighted by Gasteiger charge is 2.50. The first-order valence-corrected chi connectivity index (χ1v) is 6.66. The van der Waals surface area contributed by atoms with E-state index < -0.39 is 6.04 Å². The Hall–Kier alpha value is -2.12. The molecule has 1 aliphatic rings. The normalized spacial score (nSPS) is 25.3. The second kappa shape index (κ2) is 5.89. The summed E-state index contributed by atoms with van der Waals surface area (Å²) in [5.41, 5.74) is 2.04. The molecule has 1 amide bonds. The van der Waals surface area contributed by atoms with E-state index in [4.69, 9.17) is 0 Å². The van der Waals surface area contributed by atoms with E-state index in [1.54, 1.807) is 0 Å². The molecule has 3 atom stereocenters. The third kappa shape index (κ3) is 2.21. The largest absolute Gasteiger partial charge is 0.394 e. The second-order valence-corrected chi connectivity index (χ2v) is 4.90. The topological polar surface area (TPSA) is 64.3 Å². The lowest BCUT2D eigenvalue weighted by Gasteiger charge is -2.51. The number of aliphatic hydroxyl groups is 1. The molecular formula is C16H18N2O2. The number of benzene rings is 1. The molecule has 104 valence electrons. The van der Waals surface area contributed by atoms with Gasteiger partial charge in [0.25, 0.3) is 0 Å². The van der Waals surface area contributed by atoms with Crippen molar-refractivity contribution >= 4 is 12.0 Å². The first-order chi connectivity index (χ1) is 9.65. The summed E-state index contributed by atoms with van der Waals surface area (Å²) in [5, 5.41) is 18.9. The predicted molar refractivity (Wildman–Crippen MR) is 76.7 cm³/mol. The Morgan fingerprint density at radius 2 is 2.20 bits per heavy atom. The van der Waals surface area contributed by atoms with Gasteiger partial charge in [-0.15, -0.1) is 0 Å². The van der Waals surface area contributed by atoms with Gasteiger partial charge >= 0.3 is 0 Å². The third-order valence-corrected chi connectivity index (χ3v) is 3.80. The zero-order valence-corrected chi connectivity index (χ0v) is 11.7. The molecule has 1 aromatic rings. The molecule has 2 rings (SSSR count). The molecular weight excluding hydrogens is 252 g/mol. The van der Waals surface area contributed by atoms with Crippen LogP contribution in [0.3, 0.4) is 0 Å². The van der Waals surface area contributed by atoms with Gasteiger partial charge in [-0.05, 0) is 18.1 Å². The van der Waals surface area contributed by atoms with Gasteiger partial charge in [-0.1, -0.05) is 36.4 Å². The van der Waals surface area contributed by atoms with E-state index in [-0.39, 0.29) is 24.5 Å². The number of aliphatic hydroxyl groups excluding tert-OH is 1. The summed E-state index contributed by atoms with van der Waals surface area (Å²) >= 11 is 0.